The lowest BCUT2D eigenvalue weighted by Crippen LogP contribution is -2.36. The first-order chi connectivity index (χ1) is 9.29. The Balaban J connectivity index is 1.93. The van der Waals surface area contributed by atoms with Crippen LogP contribution in [0.25, 0.3) is 10.8 Å². The Hall–Kier alpha value is -1.54. The van der Waals surface area contributed by atoms with Gasteiger partial charge in [0.1, 0.15) is 0 Å². The molecule has 3 rings (SSSR count). The van der Waals surface area contributed by atoms with E-state index in [1.165, 1.54) is 0 Å². The molecule has 1 aliphatic rings. The maximum atomic E-state index is 12.5. The second-order valence-electron chi connectivity index (χ2n) is 5.01. The van der Waals surface area contributed by atoms with Crippen molar-refractivity contribution in [1.82, 2.24) is 4.90 Å². The summed E-state index contributed by atoms with van der Waals surface area (Å²) >= 11 is 5.94. The summed E-state index contributed by atoms with van der Waals surface area (Å²) in [7, 11) is 0. The molecular formula is C16H16ClNO. The highest BCUT2D eigenvalue weighted by Crippen LogP contribution is 2.23. The molecule has 2 nitrogen and oxygen atoms in total. The summed E-state index contributed by atoms with van der Waals surface area (Å²) in [6.07, 6.45) is 2.07. The molecule has 1 unspecified atom stereocenters. The second kappa shape index (κ2) is 5.22. The summed E-state index contributed by atoms with van der Waals surface area (Å²) in [6.45, 7) is 0.822. The average Bonchev–Trinajstić information content (AvgIpc) is 2.94. The highest BCUT2D eigenvalue weighted by molar-refractivity contribution is 6.18. The van der Waals surface area contributed by atoms with Gasteiger partial charge < -0.3 is 4.90 Å². The fourth-order valence-electron chi connectivity index (χ4n) is 2.75. The molecule has 0 aliphatic carbocycles. The first-order valence-electron chi connectivity index (χ1n) is 6.65. The number of carbonyl (C=O) groups excluding carboxylic acids is 1. The summed E-state index contributed by atoms with van der Waals surface area (Å²) in [6, 6.07) is 14.2. The lowest BCUT2D eigenvalue weighted by Gasteiger charge is -2.23. The summed E-state index contributed by atoms with van der Waals surface area (Å²) < 4.78 is 0. The van der Waals surface area contributed by atoms with Crippen LogP contribution in [0.5, 0.6) is 0 Å². The van der Waals surface area contributed by atoms with Gasteiger partial charge in [-0.1, -0.05) is 30.3 Å². The van der Waals surface area contributed by atoms with Gasteiger partial charge in [0.05, 0.1) is 0 Å². The van der Waals surface area contributed by atoms with E-state index in [9.17, 15) is 4.79 Å². The SMILES string of the molecule is O=C(c1ccc2ccccc2c1)N1CCCC1CCl. The van der Waals surface area contributed by atoms with Crippen LogP contribution >= 0.6 is 11.6 Å². The van der Waals surface area contributed by atoms with E-state index in [1.807, 2.05) is 41.3 Å². The molecule has 1 saturated heterocycles. The van der Waals surface area contributed by atoms with Gasteiger partial charge in [-0.25, -0.2) is 0 Å². The maximum Gasteiger partial charge on any atom is 0.254 e. The minimum absolute atomic E-state index is 0.105. The molecule has 0 spiro atoms. The summed E-state index contributed by atoms with van der Waals surface area (Å²) in [5.41, 5.74) is 0.760. The van der Waals surface area contributed by atoms with E-state index in [0.29, 0.717) is 5.88 Å². The van der Waals surface area contributed by atoms with Crippen LogP contribution in [0.3, 0.4) is 0 Å². The Kier molecular flexibility index (Phi) is 3.43. The van der Waals surface area contributed by atoms with Crippen molar-refractivity contribution in [3.05, 3.63) is 48.0 Å². The maximum absolute atomic E-state index is 12.5. The number of alkyl halides is 1. The Bertz CT molecular complexity index is 610. The van der Waals surface area contributed by atoms with E-state index in [2.05, 4.69) is 6.07 Å². The molecule has 0 aromatic heterocycles. The Morgan fingerprint density at radius 3 is 2.79 bits per heavy atom. The van der Waals surface area contributed by atoms with Crippen LogP contribution in [0.15, 0.2) is 42.5 Å². The van der Waals surface area contributed by atoms with Crippen molar-refractivity contribution in [2.75, 3.05) is 12.4 Å². The number of nitrogens with zero attached hydrogens (tertiary/aromatic N) is 1. The number of amides is 1. The van der Waals surface area contributed by atoms with Crippen LogP contribution in [-0.4, -0.2) is 29.3 Å². The molecule has 1 heterocycles. The topological polar surface area (TPSA) is 20.3 Å². The zero-order chi connectivity index (χ0) is 13.2. The minimum atomic E-state index is 0.105. The quantitative estimate of drug-likeness (QED) is 0.765. The number of carbonyl (C=O) groups is 1. The molecule has 1 amide bonds. The van der Waals surface area contributed by atoms with Crippen LogP contribution in [-0.2, 0) is 0 Å². The van der Waals surface area contributed by atoms with Gasteiger partial charge in [-0.05, 0) is 35.7 Å². The average molecular weight is 274 g/mol. The monoisotopic (exact) mass is 273 g/mol. The van der Waals surface area contributed by atoms with E-state index >= 15 is 0 Å². The zero-order valence-corrected chi connectivity index (χ0v) is 11.4. The van der Waals surface area contributed by atoms with Gasteiger partial charge in [-0.3, -0.25) is 4.79 Å². The summed E-state index contributed by atoms with van der Waals surface area (Å²) in [4.78, 5) is 14.4. The number of rotatable bonds is 2. The first-order valence-corrected chi connectivity index (χ1v) is 7.19. The van der Waals surface area contributed by atoms with Crippen molar-refractivity contribution in [1.29, 1.82) is 0 Å². The van der Waals surface area contributed by atoms with Crippen LogP contribution < -0.4 is 0 Å². The largest absolute Gasteiger partial charge is 0.334 e. The normalized spacial score (nSPS) is 19.0. The standard InChI is InChI=1S/C16H16ClNO/c17-11-15-6-3-9-18(15)16(19)14-8-7-12-4-1-2-5-13(12)10-14/h1-2,4-5,7-8,10,15H,3,6,9,11H2. The molecular weight excluding hydrogens is 258 g/mol. The molecule has 3 heteroatoms. The van der Waals surface area contributed by atoms with Gasteiger partial charge in [0.15, 0.2) is 0 Å². The van der Waals surface area contributed by atoms with Crippen molar-refractivity contribution in [2.45, 2.75) is 18.9 Å². The smallest absolute Gasteiger partial charge is 0.254 e. The third-order valence-corrected chi connectivity index (χ3v) is 4.17. The lowest BCUT2D eigenvalue weighted by molar-refractivity contribution is 0.0749. The highest BCUT2D eigenvalue weighted by Gasteiger charge is 2.28. The Morgan fingerprint density at radius 2 is 2.00 bits per heavy atom. The van der Waals surface area contributed by atoms with Crippen LogP contribution in [0.1, 0.15) is 23.2 Å². The molecule has 1 aliphatic heterocycles. The minimum Gasteiger partial charge on any atom is -0.334 e. The van der Waals surface area contributed by atoms with Gasteiger partial charge in [0.25, 0.3) is 5.91 Å². The second-order valence-corrected chi connectivity index (χ2v) is 5.32. The van der Waals surface area contributed by atoms with E-state index in [1.54, 1.807) is 0 Å². The van der Waals surface area contributed by atoms with Gasteiger partial charge in [-0.15, -0.1) is 11.6 Å². The fourth-order valence-corrected chi connectivity index (χ4v) is 3.07. The summed E-state index contributed by atoms with van der Waals surface area (Å²) in [5, 5.41) is 2.27. The molecule has 2 aromatic rings. The van der Waals surface area contributed by atoms with Crippen LogP contribution in [0.4, 0.5) is 0 Å². The molecule has 98 valence electrons. The van der Waals surface area contributed by atoms with E-state index in [-0.39, 0.29) is 11.9 Å². The number of fused-ring (bicyclic) bond motifs is 1. The van der Waals surface area contributed by atoms with Crippen LogP contribution in [0.2, 0.25) is 0 Å². The van der Waals surface area contributed by atoms with E-state index in [0.717, 1.165) is 35.7 Å². The predicted octanol–water partition coefficient (Wildman–Crippen LogP) is 3.68. The summed E-state index contributed by atoms with van der Waals surface area (Å²) in [5.74, 6) is 0.633. The van der Waals surface area contributed by atoms with Crippen molar-refractivity contribution >= 4 is 28.3 Å². The van der Waals surface area contributed by atoms with Crippen molar-refractivity contribution in [3.63, 3.8) is 0 Å². The van der Waals surface area contributed by atoms with Crippen molar-refractivity contribution in [3.8, 4) is 0 Å². The van der Waals surface area contributed by atoms with E-state index < -0.39 is 0 Å². The molecule has 0 bridgehead atoms. The molecule has 19 heavy (non-hydrogen) atoms. The zero-order valence-electron chi connectivity index (χ0n) is 10.7. The van der Waals surface area contributed by atoms with Gasteiger partial charge in [0.2, 0.25) is 0 Å². The fraction of sp³-hybridized carbons (Fsp3) is 0.312. The molecule has 0 N–H and O–H groups in total. The molecule has 1 atom stereocenters. The highest BCUT2D eigenvalue weighted by atomic mass is 35.5. The molecule has 2 aromatic carbocycles. The number of hydrogen-bond acceptors (Lipinski definition) is 1. The number of likely N-dealkylation sites (tertiary alicyclic amines) is 1. The van der Waals surface area contributed by atoms with Crippen molar-refractivity contribution in [2.24, 2.45) is 0 Å². The molecule has 1 fully saturated rings. The molecule has 0 saturated carbocycles. The predicted molar refractivity (Wildman–Crippen MR) is 78.7 cm³/mol. The third-order valence-electron chi connectivity index (χ3n) is 3.81. The Labute approximate surface area is 118 Å². The van der Waals surface area contributed by atoms with Gasteiger partial charge in [0, 0.05) is 24.0 Å². The number of hydrogen-bond donors (Lipinski definition) is 0. The van der Waals surface area contributed by atoms with E-state index in [4.69, 9.17) is 11.6 Å². The van der Waals surface area contributed by atoms with Gasteiger partial charge >= 0.3 is 0 Å². The van der Waals surface area contributed by atoms with Crippen LogP contribution in [0, 0.1) is 0 Å². The van der Waals surface area contributed by atoms with Gasteiger partial charge in [-0.2, -0.15) is 0 Å². The van der Waals surface area contributed by atoms with Crippen molar-refractivity contribution < 1.29 is 4.79 Å². The first kappa shape index (κ1) is 12.5. The number of halogens is 1. The lowest BCUT2D eigenvalue weighted by atomic mass is 10.1. The number of benzene rings is 2. The third kappa shape index (κ3) is 2.33. The Morgan fingerprint density at radius 1 is 1.21 bits per heavy atom. The molecule has 0 radical (unpaired) electrons.